The molecule has 0 saturated heterocycles. The van der Waals surface area contributed by atoms with Gasteiger partial charge in [-0.15, -0.1) is 0 Å². The zero-order chi connectivity index (χ0) is 9.90. The molecule has 0 amide bonds. The van der Waals surface area contributed by atoms with Crippen LogP contribution in [-0.4, -0.2) is 0 Å². The van der Waals surface area contributed by atoms with Crippen LogP contribution in [0.4, 0.5) is 0 Å². The second-order valence-electron chi connectivity index (χ2n) is 4.02. The third-order valence-corrected chi connectivity index (χ3v) is 2.65. The number of allylic oxidation sites excluding steroid dienone is 4. The van der Waals surface area contributed by atoms with Gasteiger partial charge in [0, 0.05) is 0 Å². The quantitative estimate of drug-likeness (QED) is 0.481. The molecule has 0 aliphatic heterocycles. The van der Waals surface area contributed by atoms with E-state index in [1.807, 2.05) is 0 Å². The van der Waals surface area contributed by atoms with Crippen LogP contribution >= 0.6 is 0 Å². The molecule has 0 saturated carbocycles. The van der Waals surface area contributed by atoms with Crippen LogP contribution in [0.5, 0.6) is 0 Å². The molecule has 0 fully saturated rings. The Balaban J connectivity index is 2.17. The highest BCUT2D eigenvalue weighted by atomic mass is 14.0. The van der Waals surface area contributed by atoms with Crippen molar-refractivity contribution in [3.05, 3.63) is 30.7 Å². The van der Waals surface area contributed by atoms with Crippen LogP contribution in [0.3, 0.4) is 0 Å². The lowest BCUT2D eigenvalue weighted by Crippen LogP contribution is -1.81. The average molecular weight is 191 g/mol. The van der Waals surface area contributed by atoms with E-state index in [9.17, 15) is 0 Å². The summed E-state index contributed by atoms with van der Waals surface area (Å²) in [6.45, 7) is 0. The number of hydrogen-bond acceptors (Lipinski definition) is 0. The summed E-state index contributed by atoms with van der Waals surface area (Å²) in [6.07, 6.45) is 23.5. The highest BCUT2D eigenvalue weighted by Crippen LogP contribution is 2.09. The van der Waals surface area contributed by atoms with Gasteiger partial charge >= 0.3 is 0 Å². The maximum Gasteiger partial charge on any atom is -0.0316 e. The van der Waals surface area contributed by atoms with Gasteiger partial charge in [0.05, 0.1) is 0 Å². The lowest BCUT2D eigenvalue weighted by Gasteiger charge is -1.99. The fourth-order valence-corrected chi connectivity index (χ4v) is 1.75. The zero-order valence-electron chi connectivity index (χ0n) is 9.25. The summed E-state index contributed by atoms with van der Waals surface area (Å²) in [5.74, 6) is 0. The van der Waals surface area contributed by atoms with Crippen molar-refractivity contribution in [2.75, 3.05) is 0 Å². The second kappa shape index (κ2) is 9.05. The molecule has 1 aliphatic rings. The molecule has 0 nitrogen and oxygen atoms in total. The van der Waals surface area contributed by atoms with Gasteiger partial charge in [0.15, 0.2) is 0 Å². The van der Waals surface area contributed by atoms with Crippen molar-refractivity contribution in [2.24, 2.45) is 0 Å². The molecule has 0 spiro atoms. The SMILES string of the molecule is [CH]1CCC=CCCC=CCCCCC1. The van der Waals surface area contributed by atoms with Crippen LogP contribution in [0.2, 0.25) is 0 Å². The minimum absolute atomic E-state index is 1.22. The Labute approximate surface area is 89.1 Å². The van der Waals surface area contributed by atoms with E-state index in [4.69, 9.17) is 0 Å². The molecule has 1 radical (unpaired) electrons. The lowest BCUT2D eigenvalue weighted by atomic mass is 10.1. The monoisotopic (exact) mass is 191 g/mol. The van der Waals surface area contributed by atoms with E-state index in [1.165, 1.54) is 57.8 Å². The van der Waals surface area contributed by atoms with Crippen LogP contribution in [-0.2, 0) is 0 Å². The number of hydrogen-bond donors (Lipinski definition) is 0. The zero-order valence-corrected chi connectivity index (χ0v) is 9.25. The van der Waals surface area contributed by atoms with Gasteiger partial charge < -0.3 is 0 Å². The second-order valence-corrected chi connectivity index (χ2v) is 4.02. The maximum absolute atomic E-state index is 2.45. The Hall–Kier alpha value is -0.520. The number of rotatable bonds is 0. The van der Waals surface area contributed by atoms with E-state index in [2.05, 4.69) is 30.7 Å². The summed E-state index contributed by atoms with van der Waals surface area (Å²) >= 11 is 0. The first kappa shape index (κ1) is 11.6. The summed E-state index contributed by atoms with van der Waals surface area (Å²) in [7, 11) is 0. The molecule has 0 N–H and O–H groups in total. The van der Waals surface area contributed by atoms with Gasteiger partial charge in [-0.05, 0) is 44.9 Å². The predicted octanol–water partition coefficient (Wildman–Crippen LogP) is 4.83. The van der Waals surface area contributed by atoms with Crippen LogP contribution < -0.4 is 0 Å². The van der Waals surface area contributed by atoms with E-state index >= 15 is 0 Å². The summed E-state index contributed by atoms with van der Waals surface area (Å²) in [5.41, 5.74) is 0. The van der Waals surface area contributed by atoms with Crippen LogP contribution in [0.1, 0.15) is 57.8 Å². The third kappa shape index (κ3) is 6.94. The van der Waals surface area contributed by atoms with Gasteiger partial charge in [-0.3, -0.25) is 0 Å². The van der Waals surface area contributed by atoms with Crippen molar-refractivity contribution in [1.82, 2.24) is 0 Å². The standard InChI is InChI=1S/C14H23/c1-2-4-6-8-10-12-14-13-11-9-7-5-3-1/h1-2,7-9H,3-6,10-14H2. The Morgan fingerprint density at radius 2 is 1.00 bits per heavy atom. The first-order chi connectivity index (χ1) is 7.00. The molecule has 0 aromatic heterocycles. The van der Waals surface area contributed by atoms with E-state index in [0.29, 0.717) is 0 Å². The van der Waals surface area contributed by atoms with Gasteiger partial charge in [-0.2, -0.15) is 0 Å². The topological polar surface area (TPSA) is 0 Å². The summed E-state index contributed by atoms with van der Waals surface area (Å²) in [5, 5.41) is 0. The maximum atomic E-state index is 2.45. The largest absolute Gasteiger partial charge is 0.0885 e. The Bertz CT molecular complexity index is 145. The van der Waals surface area contributed by atoms with Crippen molar-refractivity contribution in [1.29, 1.82) is 0 Å². The Kier molecular flexibility index (Phi) is 7.47. The first-order valence-corrected chi connectivity index (χ1v) is 6.12. The van der Waals surface area contributed by atoms with Crippen molar-refractivity contribution >= 4 is 0 Å². The smallest absolute Gasteiger partial charge is 0.0316 e. The molecule has 1 aliphatic carbocycles. The predicted molar refractivity (Wildman–Crippen MR) is 64.1 cm³/mol. The molecule has 0 heteroatoms. The summed E-state index contributed by atoms with van der Waals surface area (Å²) < 4.78 is 0. The molecular weight excluding hydrogens is 168 g/mol. The highest BCUT2D eigenvalue weighted by Gasteiger charge is 1.90. The summed E-state index contributed by atoms with van der Waals surface area (Å²) in [4.78, 5) is 0. The lowest BCUT2D eigenvalue weighted by molar-refractivity contribution is 0.667. The van der Waals surface area contributed by atoms with Gasteiger partial charge in [-0.1, -0.05) is 43.6 Å². The van der Waals surface area contributed by atoms with Gasteiger partial charge in [0.1, 0.15) is 0 Å². The molecule has 79 valence electrons. The van der Waals surface area contributed by atoms with Crippen molar-refractivity contribution in [2.45, 2.75) is 57.8 Å². The molecule has 1 rings (SSSR count). The van der Waals surface area contributed by atoms with Crippen molar-refractivity contribution in [3.8, 4) is 0 Å². The molecule has 0 unspecified atom stereocenters. The molecule has 0 bridgehead atoms. The highest BCUT2D eigenvalue weighted by molar-refractivity contribution is 4.89. The van der Waals surface area contributed by atoms with Gasteiger partial charge in [0.2, 0.25) is 0 Å². The first-order valence-electron chi connectivity index (χ1n) is 6.12. The molecule has 0 aromatic carbocycles. The fraction of sp³-hybridized carbons (Fsp3) is 0.643. The van der Waals surface area contributed by atoms with Gasteiger partial charge in [-0.25, -0.2) is 0 Å². The molecule has 14 heavy (non-hydrogen) atoms. The van der Waals surface area contributed by atoms with E-state index in [-0.39, 0.29) is 0 Å². The van der Waals surface area contributed by atoms with E-state index in [0.717, 1.165) is 0 Å². The average Bonchev–Trinajstić information content (AvgIpc) is 2.22. The van der Waals surface area contributed by atoms with Crippen LogP contribution in [0.15, 0.2) is 24.3 Å². The molecule has 0 heterocycles. The van der Waals surface area contributed by atoms with E-state index in [1.54, 1.807) is 0 Å². The fourth-order valence-electron chi connectivity index (χ4n) is 1.75. The van der Waals surface area contributed by atoms with Gasteiger partial charge in [0.25, 0.3) is 0 Å². The van der Waals surface area contributed by atoms with Crippen LogP contribution in [0, 0.1) is 6.42 Å². The third-order valence-electron chi connectivity index (χ3n) is 2.65. The molecule has 0 aromatic rings. The Morgan fingerprint density at radius 3 is 1.79 bits per heavy atom. The van der Waals surface area contributed by atoms with Crippen LogP contribution in [0.25, 0.3) is 0 Å². The molecule has 0 atom stereocenters. The normalized spacial score (nSPS) is 21.7. The Morgan fingerprint density at radius 1 is 0.429 bits per heavy atom. The van der Waals surface area contributed by atoms with E-state index < -0.39 is 0 Å². The molecular formula is C14H23. The minimum Gasteiger partial charge on any atom is -0.0885 e. The van der Waals surface area contributed by atoms with Crippen molar-refractivity contribution < 1.29 is 0 Å². The van der Waals surface area contributed by atoms with Crippen molar-refractivity contribution in [3.63, 3.8) is 0 Å². The summed E-state index contributed by atoms with van der Waals surface area (Å²) in [6, 6.07) is 0. The minimum atomic E-state index is 1.22.